The molecule has 0 N–H and O–H groups in total. The van der Waals surface area contributed by atoms with E-state index in [-0.39, 0.29) is 5.91 Å². The largest absolute Gasteiger partial charge is 0.340 e. The summed E-state index contributed by atoms with van der Waals surface area (Å²) in [7, 11) is 0. The van der Waals surface area contributed by atoms with Crippen LogP contribution < -0.4 is 4.90 Å². The molecule has 5 rings (SSSR count). The van der Waals surface area contributed by atoms with E-state index in [1.165, 1.54) is 11.8 Å². The average molecular weight is 489 g/mol. The molecule has 0 bridgehead atoms. The number of para-hydroxylation sites is 2. The molecule has 1 aromatic heterocycles. The van der Waals surface area contributed by atoms with E-state index in [0.29, 0.717) is 15.8 Å². The first-order valence-electron chi connectivity index (χ1n) is 10.6. The van der Waals surface area contributed by atoms with E-state index in [9.17, 15) is 4.79 Å². The number of nitrogens with zero attached hydrogens (tertiary/aromatic N) is 2. The topological polar surface area (TPSA) is 25.2 Å². The van der Waals surface area contributed by atoms with Crippen LogP contribution in [0, 0.1) is 13.8 Å². The van der Waals surface area contributed by atoms with Crippen LogP contribution in [-0.4, -0.2) is 14.8 Å². The van der Waals surface area contributed by atoms with Gasteiger partial charge in [-0.05, 0) is 49.2 Å². The summed E-state index contributed by atoms with van der Waals surface area (Å²) in [6.45, 7) is 4.73. The molecule has 1 saturated heterocycles. The third-order valence-electron chi connectivity index (χ3n) is 5.99. The Hall–Kier alpha value is -2.86. The predicted octanol–water partition coefficient (Wildman–Crippen LogP) is 7.37. The zero-order valence-corrected chi connectivity index (χ0v) is 20.6. The number of halogens is 1. The average Bonchev–Trinajstić information content (AvgIpc) is 3.23. The number of carbonyl (C=O) groups excluding carboxylic acids is 1. The van der Waals surface area contributed by atoms with Gasteiger partial charge in [-0.3, -0.25) is 9.69 Å². The van der Waals surface area contributed by atoms with Gasteiger partial charge in [0.1, 0.15) is 0 Å². The molecule has 1 fully saturated rings. The number of hydrogen-bond donors (Lipinski definition) is 0. The second-order valence-electron chi connectivity index (χ2n) is 8.00. The van der Waals surface area contributed by atoms with Crippen LogP contribution >= 0.6 is 35.6 Å². The van der Waals surface area contributed by atoms with Crippen LogP contribution in [0.2, 0.25) is 5.02 Å². The van der Waals surface area contributed by atoms with Gasteiger partial charge in [0.15, 0.2) is 4.32 Å². The van der Waals surface area contributed by atoms with Crippen LogP contribution in [0.4, 0.5) is 5.69 Å². The van der Waals surface area contributed by atoms with Crippen LogP contribution in [0.15, 0.2) is 77.7 Å². The van der Waals surface area contributed by atoms with Gasteiger partial charge in [-0.25, -0.2) is 0 Å². The van der Waals surface area contributed by atoms with E-state index >= 15 is 0 Å². The molecular formula is C27H21ClN2OS2. The Morgan fingerprint density at radius 2 is 1.67 bits per heavy atom. The maximum absolute atomic E-state index is 13.4. The lowest BCUT2D eigenvalue weighted by atomic mass is 10.1. The van der Waals surface area contributed by atoms with E-state index in [0.717, 1.165) is 44.0 Å². The van der Waals surface area contributed by atoms with Crippen LogP contribution in [0.5, 0.6) is 0 Å². The first-order valence-corrected chi connectivity index (χ1v) is 12.2. The number of anilines is 1. The van der Waals surface area contributed by atoms with Crippen molar-refractivity contribution in [3.05, 3.63) is 105 Å². The Bertz CT molecular complexity index is 1450. The molecule has 0 atom stereocenters. The van der Waals surface area contributed by atoms with Crippen LogP contribution in [-0.2, 0) is 11.3 Å². The highest BCUT2D eigenvalue weighted by Gasteiger charge is 2.34. The Kier molecular flexibility index (Phi) is 5.87. The minimum absolute atomic E-state index is 0.0818. The third-order valence-corrected chi connectivity index (χ3v) is 7.66. The summed E-state index contributed by atoms with van der Waals surface area (Å²) in [6, 6.07) is 24.0. The van der Waals surface area contributed by atoms with E-state index in [1.807, 2.05) is 73.7 Å². The molecular weight excluding hydrogens is 468 g/mol. The number of aryl methyl sites for hydroxylation is 1. The van der Waals surface area contributed by atoms with E-state index in [2.05, 4.69) is 23.6 Å². The minimum atomic E-state index is -0.0818. The van der Waals surface area contributed by atoms with Gasteiger partial charge in [0.05, 0.1) is 10.6 Å². The van der Waals surface area contributed by atoms with Gasteiger partial charge in [0.2, 0.25) is 0 Å². The Morgan fingerprint density at radius 3 is 2.45 bits per heavy atom. The maximum atomic E-state index is 13.4. The number of amides is 1. The molecule has 3 nitrogen and oxygen atoms in total. The van der Waals surface area contributed by atoms with Crippen molar-refractivity contribution in [2.45, 2.75) is 20.4 Å². The fraction of sp³-hybridized carbons (Fsp3) is 0.111. The summed E-state index contributed by atoms with van der Waals surface area (Å²) in [6.07, 6.45) is 1.98. The van der Waals surface area contributed by atoms with Crippen molar-refractivity contribution in [3.8, 4) is 0 Å². The Labute approximate surface area is 207 Å². The molecule has 0 aliphatic carbocycles. The molecule has 0 spiro atoms. The maximum Gasteiger partial charge on any atom is 0.270 e. The molecule has 33 heavy (non-hydrogen) atoms. The number of aromatic nitrogens is 1. The van der Waals surface area contributed by atoms with Gasteiger partial charge in [0.25, 0.3) is 5.91 Å². The zero-order valence-electron chi connectivity index (χ0n) is 18.2. The standard InChI is InChI=1S/C27H21ClN2OS2/c1-17-9-3-7-13-23(17)30-26(31)25(33-27(30)32)15-21-18(2)29(24-14-8-5-11-20(21)24)16-19-10-4-6-12-22(19)28/h3-15H,16H2,1-2H3/b25-15+. The third kappa shape index (κ3) is 3.90. The fourth-order valence-electron chi connectivity index (χ4n) is 4.26. The van der Waals surface area contributed by atoms with Crippen molar-refractivity contribution in [2.24, 2.45) is 0 Å². The molecule has 6 heteroatoms. The number of carbonyl (C=O) groups is 1. The van der Waals surface area contributed by atoms with Crippen molar-refractivity contribution in [3.63, 3.8) is 0 Å². The van der Waals surface area contributed by atoms with Crippen molar-refractivity contribution >= 4 is 68.5 Å². The molecule has 2 heterocycles. The quantitative estimate of drug-likeness (QED) is 0.221. The lowest BCUT2D eigenvalue weighted by molar-refractivity contribution is -0.113. The molecule has 0 radical (unpaired) electrons. The molecule has 3 aromatic carbocycles. The summed E-state index contributed by atoms with van der Waals surface area (Å²) < 4.78 is 2.81. The summed E-state index contributed by atoms with van der Waals surface area (Å²) in [5.74, 6) is -0.0818. The summed E-state index contributed by atoms with van der Waals surface area (Å²) in [5.41, 5.74) is 6.13. The minimum Gasteiger partial charge on any atom is -0.340 e. The van der Waals surface area contributed by atoms with Gasteiger partial charge in [-0.2, -0.15) is 0 Å². The predicted molar refractivity (Wildman–Crippen MR) is 144 cm³/mol. The van der Waals surface area contributed by atoms with Crippen LogP contribution in [0.1, 0.15) is 22.4 Å². The number of thioether (sulfide) groups is 1. The highest BCUT2D eigenvalue weighted by Crippen LogP contribution is 2.39. The lowest BCUT2D eigenvalue weighted by Gasteiger charge is -2.16. The molecule has 4 aromatic rings. The SMILES string of the molecule is Cc1ccccc1N1C(=O)/C(=C\c2c(C)n(Cc3ccccc3Cl)c3ccccc23)SC1=S. The zero-order chi connectivity index (χ0) is 23.1. The number of thiocarbonyl (C=S) groups is 1. The first-order chi connectivity index (χ1) is 16.0. The molecule has 1 aliphatic rings. The number of hydrogen-bond acceptors (Lipinski definition) is 3. The van der Waals surface area contributed by atoms with Gasteiger partial charge in [-0.1, -0.05) is 90.2 Å². The summed E-state index contributed by atoms with van der Waals surface area (Å²) in [4.78, 5) is 15.7. The highest BCUT2D eigenvalue weighted by molar-refractivity contribution is 8.27. The normalized spacial score (nSPS) is 15.2. The van der Waals surface area contributed by atoms with Crippen LogP contribution in [0.25, 0.3) is 17.0 Å². The molecule has 1 amide bonds. The lowest BCUT2D eigenvalue weighted by Crippen LogP contribution is -2.28. The number of rotatable bonds is 4. The van der Waals surface area contributed by atoms with E-state index < -0.39 is 0 Å². The monoisotopic (exact) mass is 488 g/mol. The molecule has 1 aliphatic heterocycles. The molecule has 164 valence electrons. The van der Waals surface area contributed by atoms with Crippen molar-refractivity contribution < 1.29 is 4.79 Å². The highest BCUT2D eigenvalue weighted by atomic mass is 35.5. The number of benzene rings is 3. The summed E-state index contributed by atoms with van der Waals surface area (Å²) in [5, 5.41) is 1.85. The molecule has 0 saturated carbocycles. The second kappa shape index (κ2) is 8.82. The summed E-state index contributed by atoms with van der Waals surface area (Å²) >= 11 is 13.4. The van der Waals surface area contributed by atoms with Gasteiger partial charge >= 0.3 is 0 Å². The Morgan fingerprint density at radius 1 is 0.970 bits per heavy atom. The smallest absolute Gasteiger partial charge is 0.270 e. The fourth-order valence-corrected chi connectivity index (χ4v) is 5.72. The molecule has 0 unspecified atom stereocenters. The first kappa shape index (κ1) is 22.0. The van der Waals surface area contributed by atoms with Gasteiger partial charge < -0.3 is 4.57 Å². The van der Waals surface area contributed by atoms with Crippen molar-refractivity contribution in [1.82, 2.24) is 4.57 Å². The van der Waals surface area contributed by atoms with Crippen molar-refractivity contribution in [2.75, 3.05) is 4.90 Å². The van der Waals surface area contributed by atoms with E-state index in [4.69, 9.17) is 23.8 Å². The van der Waals surface area contributed by atoms with Crippen molar-refractivity contribution in [1.29, 1.82) is 0 Å². The second-order valence-corrected chi connectivity index (χ2v) is 10.1. The van der Waals surface area contributed by atoms with E-state index in [1.54, 1.807) is 4.90 Å². The Balaban J connectivity index is 1.59. The van der Waals surface area contributed by atoms with Gasteiger partial charge in [-0.15, -0.1) is 0 Å². The number of fused-ring (bicyclic) bond motifs is 1. The van der Waals surface area contributed by atoms with Crippen LogP contribution in [0.3, 0.4) is 0 Å². The van der Waals surface area contributed by atoms with Gasteiger partial charge in [0, 0.05) is 33.7 Å².